The van der Waals surface area contributed by atoms with E-state index >= 15 is 0 Å². The third kappa shape index (κ3) is 3.52. The molecular weight excluding hydrogens is 322 g/mol. The Bertz CT molecular complexity index is 869. The van der Waals surface area contributed by atoms with Crippen LogP contribution < -0.4 is 16.5 Å². The summed E-state index contributed by atoms with van der Waals surface area (Å²) in [5.74, 6) is 1.01. The molecule has 0 unspecified atom stereocenters. The normalized spacial score (nSPS) is 14.9. The van der Waals surface area contributed by atoms with Crippen molar-refractivity contribution in [3.05, 3.63) is 46.5 Å². The number of urea groups is 1. The monoisotopic (exact) mass is 341 g/mol. The predicted molar refractivity (Wildman–Crippen MR) is 92.6 cm³/mol. The van der Waals surface area contributed by atoms with Gasteiger partial charge in [0.25, 0.3) is 5.91 Å². The van der Waals surface area contributed by atoms with Crippen LogP contribution in [-0.2, 0) is 6.42 Å². The molecule has 2 aromatic rings. The van der Waals surface area contributed by atoms with Crippen molar-refractivity contribution in [2.24, 2.45) is 10.8 Å². The molecule has 0 bridgehead atoms. The Kier molecular flexibility index (Phi) is 4.51. The van der Waals surface area contributed by atoms with Crippen LogP contribution >= 0.6 is 0 Å². The largest absolute Gasteiger partial charge is 0.455 e. The molecule has 4 N–H and O–H groups in total. The minimum Gasteiger partial charge on any atom is -0.455 e. The van der Waals surface area contributed by atoms with Crippen LogP contribution in [0.25, 0.3) is 0 Å². The number of hydrogen-bond acceptors (Lipinski definition) is 5. The first-order chi connectivity index (χ1) is 12.0. The maximum absolute atomic E-state index is 12.6. The van der Waals surface area contributed by atoms with Gasteiger partial charge in [-0.2, -0.15) is 5.10 Å². The Morgan fingerprint density at radius 3 is 2.80 bits per heavy atom. The zero-order chi connectivity index (χ0) is 18.0. The molecule has 0 saturated heterocycles. The van der Waals surface area contributed by atoms with E-state index < -0.39 is 6.03 Å². The number of nitrogens with two attached hydrogens (primary N) is 1. The second-order valence-electron chi connectivity index (χ2n) is 5.86. The van der Waals surface area contributed by atoms with Crippen molar-refractivity contribution in [2.45, 2.75) is 33.1 Å². The number of carbonyl (C=O) groups is 2. The number of amides is 3. The van der Waals surface area contributed by atoms with Crippen LogP contribution in [0.2, 0.25) is 0 Å². The van der Waals surface area contributed by atoms with Gasteiger partial charge < -0.3 is 15.5 Å². The first kappa shape index (κ1) is 16.7. The molecule has 1 aliphatic carbocycles. The molecule has 3 amide bonds. The number of aromatic nitrogens is 1. The van der Waals surface area contributed by atoms with E-state index in [9.17, 15) is 9.59 Å². The molecule has 0 aromatic carbocycles. The van der Waals surface area contributed by atoms with Crippen LogP contribution in [-0.4, -0.2) is 22.6 Å². The minimum absolute atomic E-state index is 0.224. The Hall–Kier alpha value is -3.16. The Morgan fingerprint density at radius 2 is 2.08 bits per heavy atom. The van der Waals surface area contributed by atoms with Crippen LogP contribution in [0.1, 0.15) is 46.0 Å². The third-order valence-electron chi connectivity index (χ3n) is 3.96. The van der Waals surface area contributed by atoms with Crippen LogP contribution in [0.15, 0.2) is 27.7 Å². The Labute approximate surface area is 144 Å². The zero-order valence-corrected chi connectivity index (χ0v) is 14.0. The average molecular weight is 341 g/mol. The van der Waals surface area contributed by atoms with Crippen LogP contribution in [0.5, 0.6) is 0 Å². The SMILES string of the molecule is Cc1cccc(NC(=O)c2oc3c(c2C)/C(=N/NC(N)=O)CCC3)n1. The molecule has 8 nitrogen and oxygen atoms in total. The fourth-order valence-corrected chi connectivity index (χ4v) is 2.91. The molecule has 0 fully saturated rings. The van der Waals surface area contributed by atoms with Crippen molar-refractivity contribution in [1.82, 2.24) is 10.4 Å². The van der Waals surface area contributed by atoms with Crippen molar-refractivity contribution in [1.29, 1.82) is 0 Å². The number of hydrogen-bond donors (Lipinski definition) is 3. The molecule has 0 aliphatic heterocycles. The molecule has 25 heavy (non-hydrogen) atoms. The molecule has 0 saturated carbocycles. The number of hydrazone groups is 1. The van der Waals surface area contributed by atoms with E-state index in [-0.39, 0.29) is 11.7 Å². The van der Waals surface area contributed by atoms with E-state index in [0.717, 1.165) is 17.7 Å². The number of anilines is 1. The summed E-state index contributed by atoms with van der Waals surface area (Å²) in [5, 5.41) is 6.78. The Morgan fingerprint density at radius 1 is 1.28 bits per heavy atom. The second kappa shape index (κ2) is 6.76. The highest BCUT2D eigenvalue weighted by Crippen LogP contribution is 2.30. The molecule has 2 heterocycles. The maximum Gasteiger partial charge on any atom is 0.332 e. The molecular formula is C17H19N5O3. The summed E-state index contributed by atoms with van der Waals surface area (Å²) in [4.78, 5) is 27.7. The highest BCUT2D eigenvalue weighted by molar-refractivity contribution is 6.09. The fourth-order valence-electron chi connectivity index (χ4n) is 2.91. The average Bonchev–Trinajstić information content (AvgIpc) is 2.91. The van der Waals surface area contributed by atoms with Crippen molar-refractivity contribution < 1.29 is 14.0 Å². The summed E-state index contributed by atoms with van der Waals surface area (Å²) in [5.41, 5.74) is 10.2. The number of rotatable bonds is 3. The quantitative estimate of drug-likeness (QED) is 0.741. The summed E-state index contributed by atoms with van der Waals surface area (Å²) in [7, 11) is 0. The number of aryl methyl sites for hydroxylation is 2. The smallest absolute Gasteiger partial charge is 0.332 e. The van der Waals surface area contributed by atoms with Gasteiger partial charge in [-0.1, -0.05) is 6.07 Å². The van der Waals surface area contributed by atoms with E-state index in [1.807, 2.05) is 19.1 Å². The lowest BCUT2D eigenvalue weighted by Crippen LogP contribution is -2.27. The van der Waals surface area contributed by atoms with Crippen LogP contribution in [0, 0.1) is 13.8 Å². The highest BCUT2D eigenvalue weighted by Gasteiger charge is 2.28. The van der Waals surface area contributed by atoms with Gasteiger partial charge in [-0.25, -0.2) is 15.2 Å². The molecule has 0 radical (unpaired) electrons. The lowest BCUT2D eigenvalue weighted by atomic mass is 9.93. The maximum atomic E-state index is 12.6. The molecule has 2 aromatic heterocycles. The first-order valence-electron chi connectivity index (χ1n) is 7.95. The molecule has 3 rings (SSSR count). The standard InChI is InChI=1S/C17H19N5O3/c1-9-5-3-8-13(19-9)20-16(23)15-10(2)14-11(21-22-17(18)24)6-4-7-12(14)25-15/h3,5,8H,4,6-7H2,1-2H3,(H3,18,22,24)(H,19,20,23)/b21-11+. The molecule has 0 spiro atoms. The highest BCUT2D eigenvalue weighted by atomic mass is 16.4. The number of fused-ring (bicyclic) bond motifs is 1. The topological polar surface area (TPSA) is 123 Å². The van der Waals surface area contributed by atoms with Crippen molar-refractivity contribution in [3.8, 4) is 0 Å². The number of pyridine rings is 1. The number of carbonyl (C=O) groups excluding carboxylic acids is 2. The van der Waals surface area contributed by atoms with Gasteiger partial charge in [-0.15, -0.1) is 0 Å². The van der Waals surface area contributed by atoms with E-state index in [4.69, 9.17) is 10.2 Å². The van der Waals surface area contributed by atoms with Crippen molar-refractivity contribution >= 4 is 23.5 Å². The minimum atomic E-state index is -0.732. The van der Waals surface area contributed by atoms with Gasteiger partial charge in [0, 0.05) is 23.2 Å². The van der Waals surface area contributed by atoms with E-state index in [2.05, 4.69) is 20.8 Å². The van der Waals surface area contributed by atoms with Gasteiger partial charge in [0.2, 0.25) is 0 Å². The van der Waals surface area contributed by atoms with E-state index in [1.54, 1.807) is 13.0 Å². The van der Waals surface area contributed by atoms with Gasteiger partial charge in [0.15, 0.2) is 5.76 Å². The number of nitrogens with one attached hydrogen (secondary N) is 2. The van der Waals surface area contributed by atoms with Crippen LogP contribution in [0.4, 0.5) is 10.6 Å². The van der Waals surface area contributed by atoms with Gasteiger partial charge in [0.05, 0.1) is 5.71 Å². The molecule has 130 valence electrons. The predicted octanol–water partition coefficient (Wildman–Crippen LogP) is 2.25. The van der Waals surface area contributed by atoms with Gasteiger partial charge in [-0.3, -0.25) is 4.79 Å². The molecule has 8 heteroatoms. The number of primary amides is 1. The summed E-state index contributed by atoms with van der Waals surface area (Å²) < 4.78 is 5.77. The first-order valence-corrected chi connectivity index (χ1v) is 7.95. The molecule has 0 atom stereocenters. The van der Waals surface area contributed by atoms with Crippen molar-refractivity contribution in [2.75, 3.05) is 5.32 Å². The van der Waals surface area contributed by atoms with Gasteiger partial charge in [-0.05, 0) is 38.8 Å². The summed E-state index contributed by atoms with van der Waals surface area (Å²) >= 11 is 0. The zero-order valence-electron chi connectivity index (χ0n) is 14.0. The Balaban J connectivity index is 1.90. The van der Waals surface area contributed by atoms with Gasteiger partial charge >= 0.3 is 6.03 Å². The summed E-state index contributed by atoms with van der Waals surface area (Å²) in [6, 6.07) is 4.65. The fraction of sp³-hybridized carbons (Fsp3) is 0.294. The molecule has 1 aliphatic rings. The van der Waals surface area contributed by atoms with E-state index in [1.165, 1.54) is 0 Å². The third-order valence-corrected chi connectivity index (χ3v) is 3.96. The lowest BCUT2D eigenvalue weighted by molar-refractivity contribution is 0.0993. The van der Waals surface area contributed by atoms with Crippen molar-refractivity contribution in [3.63, 3.8) is 0 Å². The lowest BCUT2D eigenvalue weighted by Gasteiger charge is -2.13. The second-order valence-corrected chi connectivity index (χ2v) is 5.86. The van der Waals surface area contributed by atoms with E-state index in [0.29, 0.717) is 35.7 Å². The summed E-state index contributed by atoms with van der Waals surface area (Å²) in [6.07, 6.45) is 2.20. The summed E-state index contributed by atoms with van der Waals surface area (Å²) in [6.45, 7) is 3.65. The number of furan rings is 1. The van der Waals surface area contributed by atoms with Crippen LogP contribution in [0.3, 0.4) is 0 Å². The number of nitrogens with zero attached hydrogens (tertiary/aromatic N) is 2. The van der Waals surface area contributed by atoms with Gasteiger partial charge in [0.1, 0.15) is 11.6 Å².